The van der Waals surface area contributed by atoms with Crippen LogP contribution in [-0.2, 0) is 6.54 Å². The lowest BCUT2D eigenvalue weighted by Gasteiger charge is -2.07. The van der Waals surface area contributed by atoms with Crippen molar-refractivity contribution in [2.24, 2.45) is 0 Å². The second kappa shape index (κ2) is 5.52. The van der Waals surface area contributed by atoms with E-state index in [4.69, 9.17) is 11.6 Å². The Morgan fingerprint density at radius 2 is 2.12 bits per heavy atom. The monoisotopic (exact) mass is 310 g/mol. The third-order valence-corrected chi connectivity index (χ3v) is 3.27. The third kappa shape index (κ3) is 3.45. The van der Waals surface area contributed by atoms with Crippen LogP contribution in [-0.4, -0.2) is 4.98 Å². The summed E-state index contributed by atoms with van der Waals surface area (Å²) in [5, 5.41) is 4.06. The molecule has 1 aromatic heterocycles. The van der Waals surface area contributed by atoms with Gasteiger partial charge in [-0.05, 0) is 52.7 Å². The van der Waals surface area contributed by atoms with E-state index in [0.29, 0.717) is 6.54 Å². The number of hydrogen-bond acceptors (Lipinski definition) is 2. The van der Waals surface area contributed by atoms with Crippen molar-refractivity contribution in [2.45, 2.75) is 13.5 Å². The van der Waals surface area contributed by atoms with E-state index in [-0.39, 0.29) is 0 Å². The van der Waals surface area contributed by atoms with Gasteiger partial charge in [0.1, 0.15) is 4.60 Å². The van der Waals surface area contributed by atoms with Gasteiger partial charge >= 0.3 is 0 Å². The van der Waals surface area contributed by atoms with Crippen molar-refractivity contribution in [1.29, 1.82) is 0 Å². The SMILES string of the molecule is Cc1ccc(NCc2cccc(Br)n2)cc1Cl. The molecule has 0 amide bonds. The van der Waals surface area contributed by atoms with Gasteiger partial charge in [0.15, 0.2) is 0 Å². The molecule has 0 aliphatic carbocycles. The maximum absolute atomic E-state index is 6.06. The van der Waals surface area contributed by atoms with Gasteiger partial charge in [-0.15, -0.1) is 0 Å². The van der Waals surface area contributed by atoms with Crippen LogP contribution < -0.4 is 5.32 Å². The minimum absolute atomic E-state index is 0.679. The number of anilines is 1. The van der Waals surface area contributed by atoms with Crippen molar-refractivity contribution in [3.8, 4) is 0 Å². The lowest BCUT2D eigenvalue weighted by molar-refractivity contribution is 1.03. The molecule has 0 bridgehead atoms. The fourth-order valence-corrected chi connectivity index (χ4v) is 2.01. The van der Waals surface area contributed by atoms with Crippen LogP contribution >= 0.6 is 27.5 Å². The first-order valence-corrected chi connectivity index (χ1v) is 6.44. The minimum Gasteiger partial charge on any atom is -0.379 e. The number of halogens is 2. The van der Waals surface area contributed by atoms with Crippen molar-refractivity contribution in [3.63, 3.8) is 0 Å². The largest absolute Gasteiger partial charge is 0.379 e. The molecule has 1 N–H and O–H groups in total. The van der Waals surface area contributed by atoms with Gasteiger partial charge in [0, 0.05) is 10.7 Å². The molecule has 88 valence electrons. The van der Waals surface area contributed by atoms with Gasteiger partial charge in [0.2, 0.25) is 0 Å². The van der Waals surface area contributed by atoms with Gasteiger partial charge in [-0.1, -0.05) is 23.7 Å². The third-order valence-electron chi connectivity index (χ3n) is 2.42. The molecule has 0 radical (unpaired) electrons. The summed E-state index contributed by atoms with van der Waals surface area (Å²) in [6.07, 6.45) is 0. The molecule has 2 aromatic rings. The number of hydrogen-bond donors (Lipinski definition) is 1. The highest BCUT2D eigenvalue weighted by Gasteiger charge is 1.99. The van der Waals surface area contributed by atoms with E-state index in [2.05, 4.69) is 26.2 Å². The Morgan fingerprint density at radius 3 is 2.82 bits per heavy atom. The summed E-state index contributed by atoms with van der Waals surface area (Å²) in [5.41, 5.74) is 3.07. The summed E-state index contributed by atoms with van der Waals surface area (Å²) in [6, 6.07) is 11.8. The van der Waals surface area contributed by atoms with Gasteiger partial charge in [0.25, 0.3) is 0 Å². The standard InChI is InChI=1S/C13H12BrClN2/c1-9-5-6-10(7-12(9)15)16-8-11-3-2-4-13(14)17-11/h2-7,16H,8H2,1H3. The lowest BCUT2D eigenvalue weighted by Crippen LogP contribution is -2.01. The molecule has 17 heavy (non-hydrogen) atoms. The summed E-state index contributed by atoms with van der Waals surface area (Å²) in [5.74, 6) is 0. The fourth-order valence-electron chi connectivity index (χ4n) is 1.44. The van der Waals surface area contributed by atoms with E-state index in [1.54, 1.807) is 0 Å². The average Bonchev–Trinajstić information content (AvgIpc) is 2.31. The molecular formula is C13H12BrClN2. The second-order valence-corrected chi connectivity index (χ2v) is 4.99. The molecule has 0 spiro atoms. The van der Waals surface area contributed by atoms with Gasteiger partial charge in [-0.25, -0.2) is 4.98 Å². The second-order valence-electron chi connectivity index (χ2n) is 3.77. The average molecular weight is 312 g/mol. The highest BCUT2D eigenvalue weighted by molar-refractivity contribution is 9.10. The minimum atomic E-state index is 0.679. The summed E-state index contributed by atoms with van der Waals surface area (Å²) >= 11 is 9.41. The molecule has 0 saturated carbocycles. The van der Waals surface area contributed by atoms with Crippen LogP contribution in [0, 0.1) is 6.92 Å². The van der Waals surface area contributed by atoms with E-state index in [1.165, 1.54) is 0 Å². The quantitative estimate of drug-likeness (QED) is 0.849. The van der Waals surface area contributed by atoms with Crippen LogP contribution in [0.1, 0.15) is 11.3 Å². The van der Waals surface area contributed by atoms with E-state index in [0.717, 1.165) is 26.6 Å². The highest BCUT2D eigenvalue weighted by atomic mass is 79.9. The highest BCUT2D eigenvalue weighted by Crippen LogP contribution is 2.20. The Hall–Kier alpha value is -1.06. The number of nitrogens with one attached hydrogen (secondary N) is 1. The number of pyridine rings is 1. The number of aryl methyl sites for hydroxylation is 1. The van der Waals surface area contributed by atoms with E-state index in [9.17, 15) is 0 Å². The Bertz CT molecular complexity index is 529. The first-order valence-electron chi connectivity index (χ1n) is 5.26. The molecule has 0 aliphatic rings. The molecule has 0 aliphatic heterocycles. The maximum atomic E-state index is 6.06. The zero-order valence-corrected chi connectivity index (χ0v) is 11.7. The first-order chi connectivity index (χ1) is 8.15. The van der Waals surface area contributed by atoms with Crippen LogP contribution in [0.25, 0.3) is 0 Å². The van der Waals surface area contributed by atoms with Gasteiger partial charge < -0.3 is 5.32 Å². The molecule has 2 nitrogen and oxygen atoms in total. The molecule has 0 atom stereocenters. The van der Waals surface area contributed by atoms with Crippen molar-refractivity contribution in [1.82, 2.24) is 4.98 Å². The van der Waals surface area contributed by atoms with Crippen molar-refractivity contribution in [2.75, 3.05) is 5.32 Å². The number of aromatic nitrogens is 1. The van der Waals surface area contributed by atoms with Crippen LogP contribution in [0.2, 0.25) is 5.02 Å². The van der Waals surface area contributed by atoms with Crippen molar-refractivity contribution < 1.29 is 0 Å². The summed E-state index contributed by atoms with van der Waals surface area (Å²) in [4.78, 5) is 4.35. The zero-order chi connectivity index (χ0) is 12.3. The predicted octanol–water partition coefficient (Wildman–Crippen LogP) is 4.42. The van der Waals surface area contributed by atoms with Gasteiger partial charge in [-0.3, -0.25) is 0 Å². The Labute approximate surface area is 114 Å². The van der Waals surface area contributed by atoms with Crippen LogP contribution in [0.15, 0.2) is 41.0 Å². The summed E-state index contributed by atoms with van der Waals surface area (Å²) in [6.45, 7) is 2.67. The van der Waals surface area contributed by atoms with Gasteiger partial charge in [0.05, 0.1) is 12.2 Å². The zero-order valence-electron chi connectivity index (χ0n) is 9.37. The molecule has 2 rings (SSSR count). The smallest absolute Gasteiger partial charge is 0.106 e. The van der Waals surface area contributed by atoms with E-state index < -0.39 is 0 Å². The summed E-state index contributed by atoms with van der Waals surface area (Å²) < 4.78 is 0.846. The molecule has 0 fully saturated rings. The van der Waals surface area contributed by atoms with Crippen molar-refractivity contribution in [3.05, 3.63) is 57.3 Å². The van der Waals surface area contributed by atoms with Crippen LogP contribution in [0.4, 0.5) is 5.69 Å². The Kier molecular flexibility index (Phi) is 4.02. The Morgan fingerprint density at radius 1 is 1.29 bits per heavy atom. The van der Waals surface area contributed by atoms with Crippen molar-refractivity contribution >= 4 is 33.2 Å². The predicted molar refractivity (Wildman–Crippen MR) is 75.5 cm³/mol. The number of rotatable bonds is 3. The molecule has 4 heteroatoms. The molecule has 0 saturated heterocycles. The molecule has 1 aromatic carbocycles. The first kappa shape index (κ1) is 12.4. The molecule has 0 unspecified atom stereocenters. The topological polar surface area (TPSA) is 24.9 Å². The summed E-state index contributed by atoms with van der Waals surface area (Å²) in [7, 11) is 0. The Balaban J connectivity index is 2.05. The van der Waals surface area contributed by atoms with Gasteiger partial charge in [-0.2, -0.15) is 0 Å². The number of nitrogens with zero attached hydrogens (tertiary/aromatic N) is 1. The maximum Gasteiger partial charge on any atom is 0.106 e. The van der Waals surface area contributed by atoms with Crippen LogP contribution in [0.5, 0.6) is 0 Å². The normalized spacial score (nSPS) is 10.3. The molecule has 1 heterocycles. The van der Waals surface area contributed by atoms with E-state index >= 15 is 0 Å². The van der Waals surface area contributed by atoms with E-state index in [1.807, 2.05) is 43.3 Å². The van der Waals surface area contributed by atoms with Crippen LogP contribution in [0.3, 0.4) is 0 Å². The number of benzene rings is 1. The fraction of sp³-hybridized carbons (Fsp3) is 0.154. The lowest BCUT2D eigenvalue weighted by atomic mass is 10.2. The molecular weight excluding hydrogens is 300 g/mol.